The van der Waals surface area contributed by atoms with E-state index in [-0.39, 0.29) is 22.5 Å². The molecule has 130 valence electrons. The van der Waals surface area contributed by atoms with Crippen molar-refractivity contribution >= 4 is 35.7 Å². The minimum Gasteiger partial charge on any atom is -0.465 e. The zero-order chi connectivity index (χ0) is 18.5. The minimum atomic E-state index is -0.658. The Labute approximate surface area is 147 Å². The Balaban J connectivity index is 2.08. The average Bonchev–Trinajstić information content (AvgIpc) is 3.31. The smallest absolute Gasteiger partial charge is 0.283 e. The molecule has 0 saturated heterocycles. The highest BCUT2D eigenvalue weighted by Crippen LogP contribution is 2.31. The van der Waals surface area contributed by atoms with E-state index in [9.17, 15) is 20.2 Å². The minimum absolute atomic E-state index is 0.219. The third-order valence-electron chi connectivity index (χ3n) is 3.51. The van der Waals surface area contributed by atoms with Gasteiger partial charge >= 0.3 is 0 Å². The van der Waals surface area contributed by atoms with Crippen molar-refractivity contribution in [1.82, 2.24) is 0 Å². The van der Waals surface area contributed by atoms with Crippen molar-refractivity contribution in [3.63, 3.8) is 0 Å². The van der Waals surface area contributed by atoms with Crippen LogP contribution in [-0.2, 0) is 0 Å². The number of hydrogen-bond donors (Lipinski definition) is 0. The van der Waals surface area contributed by atoms with Crippen LogP contribution in [0.3, 0.4) is 0 Å². The Morgan fingerprint density at radius 2 is 1.19 bits per heavy atom. The van der Waals surface area contributed by atoms with Crippen LogP contribution in [0, 0.1) is 20.2 Å². The molecule has 0 saturated carbocycles. The Hall–Kier alpha value is -3.94. The van der Waals surface area contributed by atoms with Crippen LogP contribution in [0.1, 0.15) is 22.6 Å². The fourth-order valence-corrected chi connectivity index (χ4v) is 2.31. The van der Waals surface area contributed by atoms with Gasteiger partial charge < -0.3 is 8.83 Å². The van der Waals surface area contributed by atoms with Crippen LogP contribution in [0.5, 0.6) is 0 Å². The second-order valence-corrected chi connectivity index (χ2v) is 5.18. The van der Waals surface area contributed by atoms with Gasteiger partial charge in [0, 0.05) is 0 Å². The third-order valence-corrected chi connectivity index (χ3v) is 3.51. The molecule has 26 heavy (non-hydrogen) atoms. The number of benzene rings is 1. The van der Waals surface area contributed by atoms with Gasteiger partial charge in [-0.2, -0.15) is 0 Å². The van der Waals surface area contributed by atoms with E-state index in [1.807, 2.05) is 0 Å². The molecule has 0 bridgehead atoms. The van der Waals surface area contributed by atoms with E-state index in [2.05, 4.69) is 0 Å². The van der Waals surface area contributed by atoms with Crippen molar-refractivity contribution in [1.29, 1.82) is 0 Å². The summed E-state index contributed by atoms with van der Waals surface area (Å²) in [7, 11) is 0. The molecule has 0 N–H and O–H groups in total. The molecule has 0 amide bonds. The number of nitro groups is 2. The van der Waals surface area contributed by atoms with Crippen LogP contribution in [0.2, 0.25) is 0 Å². The van der Waals surface area contributed by atoms with Crippen LogP contribution in [0.25, 0.3) is 24.3 Å². The first kappa shape index (κ1) is 16.9. The Kier molecular flexibility index (Phi) is 4.75. The number of nitro benzene ring substituents is 2. The van der Waals surface area contributed by atoms with Crippen LogP contribution in [0.15, 0.2) is 57.8 Å². The largest absolute Gasteiger partial charge is 0.465 e. The number of nitrogens with zero attached hydrogens (tertiary/aromatic N) is 2. The van der Waals surface area contributed by atoms with E-state index in [1.54, 1.807) is 36.4 Å². The molecule has 0 unspecified atom stereocenters. The lowest BCUT2D eigenvalue weighted by Crippen LogP contribution is -1.98. The first-order valence-corrected chi connectivity index (χ1v) is 7.44. The quantitative estimate of drug-likeness (QED) is 0.454. The van der Waals surface area contributed by atoms with Crippen molar-refractivity contribution in [2.24, 2.45) is 0 Å². The number of hydrogen-bond acceptors (Lipinski definition) is 6. The molecule has 0 radical (unpaired) electrons. The lowest BCUT2D eigenvalue weighted by molar-refractivity contribution is -0.394. The fraction of sp³-hybridized carbons (Fsp3) is 0. The van der Waals surface area contributed by atoms with Gasteiger partial charge in [0.05, 0.1) is 39.6 Å². The standard InChI is InChI=1S/C18H12N2O6/c21-19(22)17-12-18(20(23)24)14(6-8-16-4-2-10-26-16)11-13(17)5-7-15-3-1-9-25-15/h1-12H/b7-5+,8-6+. The maximum absolute atomic E-state index is 11.3. The highest BCUT2D eigenvalue weighted by molar-refractivity contribution is 5.80. The molecule has 8 heteroatoms. The predicted octanol–water partition coefficient (Wildman–Crippen LogP) is 5.03. The third kappa shape index (κ3) is 3.75. The van der Waals surface area contributed by atoms with Crippen molar-refractivity contribution in [3.8, 4) is 0 Å². The van der Waals surface area contributed by atoms with Gasteiger partial charge in [0.15, 0.2) is 0 Å². The Morgan fingerprint density at radius 1 is 0.731 bits per heavy atom. The summed E-state index contributed by atoms with van der Waals surface area (Å²) in [4.78, 5) is 21.3. The molecule has 8 nitrogen and oxygen atoms in total. The van der Waals surface area contributed by atoms with Crippen molar-refractivity contribution in [2.45, 2.75) is 0 Å². The van der Waals surface area contributed by atoms with Gasteiger partial charge in [-0.15, -0.1) is 0 Å². The molecular weight excluding hydrogens is 340 g/mol. The highest BCUT2D eigenvalue weighted by atomic mass is 16.6. The van der Waals surface area contributed by atoms with E-state index in [0.29, 0.717) is 11.5 Å². The van der Waals surface area contributed by atoms with E-state index >= 15 is 0 Å². The van der Waals surface area contributed by atoms with E-state index in [4.69, 9.17) is 8.83 Å². The first-order chi connectivity index (χ1) is 12.5. The monoisotopic (exact) mass is 352 g/mol. The predicted molar refractivity (Wildman–Crippen MR) is 95.0 cm³/mol. The molecule has 0 atom stereocenters. The van der Waals surface area contributed by atoms with Gasteiger partial charge in [-0.25, -0.2) is 0 Å². The summed E-state index contributed by atoms with van der Waals surface area (Å²) in [6.45, 7) is 0. The lowest BCUT2D eigenvalue weighted by Gasteiger charge is -2.02. The van der Waals surface area contributed by atoms with Crippen molar-refractivity contribution < 1.29 is 18.7 Å². The summed E-state index contributed by atoms with van der Waals surface area (Å²) in [5.74, 6) is 1.01. The van der Waals surface area contributed by atoms with Crippen molar-refractivity contribution in [2.75, 3.05) is 0 Å². The van der Waals surface area contributed by atoms with Crippen LogP contribution in [-0.4, -0.2) is 9.85 Å². The molecule has 2 aromatic heterocycles. The van der Waals surface area contributed by atoms with Gasteiger partial charge in [-0.3, -0.25) is 20.2 Å². The van der Waals surface area contributed by atoms with Crippen LogP contribution < -0.4 is 0 Å². The molecule has 3 aromatic rings. The summed E-state index contributed by atoms with van der Waals surface area (Å²) < 4.78 is 10.3. The zero-order valence-corrected chi connectivity index (χ0v) is 13.3. The van der Waals surface area contributed by atoms with E-state index in [1.165, 1.54) is 30.7 Å². The molecule has 0 fully saturated rings. The summed E-state index contributed by atoms with van der Waals surface area (Å²) in [6.07, 6.45) is 9.00. The summed E-state index contributed by atoms with van der Waals surface area (Å²) >= 11 is 0. The molecule has 0 aliphatic carbocycles. The summed E-state index contributed by atoms with van der Waals surface area (Å²) in [5, 5.41) is 22.6. The van der Waals surface area contributed by atoms with Gasteiger partial charge in [0.25, 0.3) is 11.4 Å². The molecule has 2 heterocycles. The molecule has 0 aliphatic rings. The van der Waals surface area contributed by atoms with Gasteiger partial charge in [0.1, 0.15) is 11.5 Å². The Morgan fingerprint density at radius 3 is 1.54 bits per heavy atom. The van der Waals surface area contributed by atoms with Gasteiger partial charge in [0.2, 0.25) is 0 Å². The highest BCUT2D eigenvalue weighted by Gasteiger charge is 2.22. The van der Waals surface area contributed by atoms with E-state index < -0.39 is 9.85 Å². The second-order valence-electron chi connectivity index (χ2n) is 5.18. The zero-order valence-electron chi connectivity index (χ0n) is 13.3. The number of furan rings is 2. The second kappa shape index (κ2) is 7.31. The van der Waals surface area contributed by atoms with Crippen molar-refractivity contribution in [3.05, 3.63) is 91.8 Å². The maximum Gasteiger partial charge on any atom is 0.283 e. The maximum atomic E-state index is 11.3. The summed E-state index contributed by atoms with van der Waals surface area (Å²) in [6, 6.07) is 9.07. The first-order valence-electron chi connectivity index (χ1n) is 7.44. The lowest BCUT2D eigenvalue weighted by atomic mass is 10.0. The molecule has 0 spiro atoms. The molecule has 0 aliphatic heterocycles. The van der Waals surface area contributed by atoms with Gasteiger partial charge in [-0.1, -0.05) is 0 Å². The number of rotatable bonds is 6. The average molecular weight is 352 g/mol. The molecular formula is C18H12N2O6. The van der Waals surface area contributed by atoms with Crippen LogP contribution >= 0.6 is 0 Å². The van der Waals surface area contributed by atoms with Crippen LogP contribution in [0.4, 0.5) is 11.4 Å². The normalized spacial score (nSPS) is 11.4. The molecule has 1 aromatic carbocycles. The van der Waals surface area contributed by atoms with Gasteiger partial charge in [-0.05, 0) is 54.6 Å². The molecule has 3 rings (SSSR count). The Bertz CT molecular complexity index is 908. The SMILES string of the molecule is O=[N+]([O-])c1cc([N+](=O)[O-])c(/C=C/c2ccco2)cc1/C=C/c1ccco1. The summed E-state index contributed by atoms with van der Waals surface area (Å²) in [5.41, 5.74) is -0.295. The fourth-order valence-electron chi connectivity index (χ4n) is 2.31. The topological polar surface area (TPSA) is 113 Å². The van der Waals surface area contributed by atoms with E-state index in [0.717, 1.165) is 6.07 Å².